The second-order valence-corrected chi connectivity index (χ2v) is 11.0. The standard InChI is InChI=1S/C26H24Br2N4OS/c1-3-32-13-17(12-15-4-8-18(27)9-5-15)23-20(14-32)21(16-6-10-19(28)11-7-16)22-24(29-23)30-26(34-2)31-25(22)33/h4-12,21H,3,13-14H2,1-2H3,(H2,29,30,31,33)/b17-12+. The zero-order chi connectivity index (χ0) is 23.8. The Morgan fingerprint density at radius 1 is 1.09 bits per heavy atom. The maximum Gasteiger partial charge on any atom is 0.257 e. The smallest absolute Gasteiger partial charge is 0.257 e. The third kappa shape index (κ3) is 4.56. The van der Waals surface area contributed by atoms with Gasteiger partial charge in [-0.3, -0.25) is 9.69 Å². The molecule has 2 N–H and O–H groups in total. The van der Waals surface area contributed by atoms with E-state index in [1.54, 1.807) is 0 Å². The topological polar surface area (TPSA) is 61.0 Å². The molecule has 174 valence electrons. The van der Waals surface area contributed by atoms with Gasteiger partial charge in [0.15, 0.2) is 5.16 Å². The van der Waals surface area contributed by atoms with Crippen LogP contribution >= 0.6 is 43.6 Å². The minimum Gasteiger partial charge on any atom is -0.339 e. The fourth-order valence-corrected chi connectivity index (χ4v) is 5.54. The van der Waals surface area contributed by atoms with Crippen molar-refractivity contribution in [2.45, 2.75) is 18.0 Å². The van der Waals surface area contributed by atoms with Crippen LogP contribution in [0, 0.1) is 0 Å². The average molecular weight is 600 g/mol. The molecule has 5 nitrogen and oxygen atoms in total. The number of aromatic amines is 1. The van der Waals surface area contributed by atoms with Gasteiger partial charge in [-0.05, 0) is 65.4 Å². The largest absolute Gasteiger partial charge is 0.339 e. The second kappa shape index (κ2) is 9.85. The molecule has 0 spiro atoms. The summed E-state index contributed by atoms with van der Waals surface area (Å²) in [6.07, 6.45) is 4.16. The zero-order valence-corrected chi connectivity index (χ0v) is 22.9. The van der Waals surface area contributed by atoms with Crippen LogP contribution in [0.15, 0.2) is 84.3 Å². The first-order valence-electron chi connectivity index (χ1n) is 11.1. The van der Waals surface area contributed by atoms with Crippen molar-refractivity contribution < 1.29 is 0 Å². The average Bonchev–Trinajstić information content (AvgIpc) is 2.84. The summed E-state index contributed by atoms with van der Waals surface area (Å²) in [4.78, 5) is 23.5. The summed E-state index contributed by atoms with van der Waals surface area (Å²) in [5.41, 5.74) is 6.30. The molecule has 34 heavy (non-hydrogen) atoms. The molecule has 1 aromatic heterocycles. The molecule has 0 saturated carbocycles. The summed E-state index contributed by atoms with van der Waals surface area (Å²) in [5, 5.41) is 4.18. The van der Waals surface area contributed by atoms with E-state index in [1.165, 1.54) is 22.9 Å². The monoisotopic (exact) mass is 598 g/mol. The number of thioether (sulfide) groups is 1. The van der Waals surface area contributed by atoms with E-state index in [4.69, 9.17) is 4.98 Å². The van der Waals surface area contributed by atoms with E-state index >= 15 is 0 Å². The highest BCUT2D eigenvalue weighted by Gasteiger charge is 2.37. The van der Waals surface area contributed by atoms with Crippen molar-refractivity contribution in [3.05, 3.63) is 101 Å². The third-order valence-corrected chi connectivity index (χ3v) is 7.94. The molecule has 1 unspecified atom stereocenters. The number of nitrogens with zero attached hydrogens (tertiary/aromatic N) is 2. The predicted octanol–water partition coefficient (Wildman–Crippen LogP) is 6.25. The molecule has 3 heterocycles. The summed E-state index contributed by atoms with van der Waals surface area (Å²) in [6.45, 7) is 4.73. The second-order valence-electron chi connectivity index (χ2n) is 8.37. The van der Waals surface area contributed by atoms with Gasteiger partial charge < -0.3 is 10.3 Å². The fourth-order valence-electron chi connectivity index (χ4n) is 4.64. The van der Waals surface area contributed by atoms with Gasteiger partial charge in [0, 0.05) is 33.6 Å². The van der Waals surface area contributed by atoms with Gasteiger partial charge in [0.05, 0.1) is 5.56 Å². The highest BCUT2D eigenvalue weighted by atomic mass is 79.9. The number of fused-ring (bicyclic) bond motifs is 1. The van der Waals surface area contributed by atoms with Crippen LogP contribution in [0.3, 0.4) is 0 Å². The van der Waals surface area contributed by atoms with Crippen molar-refractivity contribution >= 4 is 55.5 Å². The lowest BCUT2D eigenvalue weighted by Crippen LogP contribution is -2.40. The van der Waals surface area contributed by atoms with E-state index in [0.717, 1.165) is 45.4 Å². The van der Waals surface area contributed by atoms with Crippen LogP contribution in [0.25, 0.3) is 6.08 Å². The van der Waals surface area contributed by atoms with Crippen molar-refractivity contribution in [3.63, 3.8) is 0 Å². The number of nitrogens with one attached hydrogen (secondary N) is 2. The van der Waals surface area contributed by atoms with Crippen LogP contribution in [0.2, 0.25) is 0 Å². The SMILES string of the molecule is CCN1CC2=C(Nc3nc(SC)[nH]c(=O)c3C2c2ccc(Br)cc2)/C(=C/c2ccc(Br)cc2)C1. The normalized spacial score (nSPS) is 19.1. The molecule has 1 atom stereocenters. The minimum absolute atomic E-state index is 0.0895. The molecule has 0 aliphatic carbocycles. The summed E-state index contributed by atoms with van der Waals surface area (Å²) < 4.78 is 2.07. The number of benzene rings is 2. The molecular weight excluding hydrogens is 576 g/mol. The predicted molar refractivity (Wildman–Crippen MR) is 148 cm³/mol. The van der Waals surface area contributed by atoms with E-state index in [2.05, 4.69) is 96.5 Å². The molecular formula is C26H24Br2N4OS. The summed E-state index contributed by atoms with van der Waals surface area (Å²) in [6, 6.07) is 16.6. The Bertz CT molecular complexity index is 1350. The Morgan fingerprint density at radius 3 is 2.41 bits per heavy atom. The van der Waals surface area contributed by atoms with Crippen LogP contribution in [0.1, 0.15) is 29.5 Å². The number of likely N-dealkylation sites (N-methyl/N-ethyl adjacent to an activating group) is 1. The lowest BCUT2D eigenvalue weighted by molar-refractivity contribution is 0.324. The van der Waals surface area contributed by atoms with Crippen LogP contribution in [-0.2, 0) is 0 Å². The summed E-state index contributed by atoms with van der Waals surface area (Å²) in [7, 11) is 0. The number of anilines is 1. The number of halogens is 2. The number of hydrogen-bond donors (Lipinski definition) is 2. The third-order valence-electron chi connectivity index (χ3n) is 6.30. The van der Waals surface area contributed by atoms with Crippen molar-refractivity contribution in [1.82, 2.24) is 14.9 Å². The van der Waals surface area contributed by atoms with Gasteiger partial charge in [0.2, 0.25) is 0 Å². The van der Waals surface area contributed by atoms with Crippen molar-refractivity contribution in [2.75, 3.05) is 31.2 Å². The Morgan fingerprint density at radius 2 is 1.76 bits per heavy atom. The molecule has 0 bridgehead atoms. The quantitative estimate of drug-likeness (QED) is 0.274. The van der Waals surface area contributed by atoms with Crippen LogP contribution in [0.5, 0.6) is 0 Å². The Hall–Kier alpha value is -2.13. The zero-order valence-electron chi connectivity index (χ0n) is 18.9. The van der Waals surface area contributed by atoms with Crippen molar-refractivity contribution in [1.29, 1.82) is 0 Å². The molecule has 0 amide bonds. The molecule has 3 aromatic rings. The van der Waals surface area contributed by atoms with Crippen LogP contribution in [0.4, 0.5) is 5.82 Å². The van der Waals surface area contributed by atoms with Gasteiger partial charge >= 0.3 is 0 Å². The molecule has 0 radical (unpaired) electrons. The van der Waals surface area contributed by atoms with E-state index in [9.17, 15) is 4.79 Å². The molecule has 2 aromatic carbocycles. The first-order valence-corrected chi connectivity index (χ1v) is 13.9. The van der Waals surface area contributed by atoms with Crippen molar-refractivity contribution in [2.24, 2.45) is 0 Å². The van der Waals surface area contributed by atoms with E-state index in [-0.39, 0.29) is 11.5 Å². The Kier molecular flexibility index (Phi) is 6.84. The van der Waals surface area contributed by atoms with Gasteiger partial charge in [0.25, 0.3) is 5.56 Å². The molecule has 5 rings (SSSR count). The first-order chi connectivity index (χ1) is 16.5. The summed E-state index contributed by atoms with van der Waals surface area (Å²) in [5.74, 6) is 0.473. The van der Waals surface area contributed by atoms with E-state index < -0.39 is 0 Å². The van der Waals surface area contributed by atoms with Crippen LogP contribution < -0.4 is 10.9 Å². The maximum absolute atomic E-state index is 13.3. The Balaban J connectivity index is 1.73. The highest BCUT2D eigenvalue weighted by Crippen LogP contribution is 2.44. The highest BCUT2D eigenvalue weighted by molar-refractivity contribution is 9.10. The van der Waals surface area contributed by atoms with E-state index in [0.29, 0.717) is 16.5 Å². The van der Waals surface area contributed by atoms with Gasteiger partial charge in [-0.2, -0.15) is 0 Å². The van der Waals surface area contributed by atoms with Crippen molar-refractivity contribution in [3.8, 4) is 0 Å². The van der Waals surface area contributed by atoms with Crippen LogP contribution in [-0.4, -0.2) is 40.8 Å². The first kappa shape index (κ1) is 23.6. The van der Waals surface area contributed by atoms with Gasteiger partial charge in [-0.25, -0.2) is 4.98 Å². The number of aromatic nitrogens is 2. The number of rotatable bonds is 4. The molecule has 2 aliphatic rings. The number of H-pyrrole nitrogens is 1. The van der Waals surface area contributed by atoms with Gasteiger partial charge in [-0.15, -0.1) is 0 Å². The maximum atomic E-state index is 13.3. The lowest BCUT2D eigenvalue weighted by atomic mass is 9.79. The van der Waals surface area contributed by atoms with Gasteiger partial charge in [0.1, 0.15) is 5.82 Å². The Labute approximate surface area is 220 Å². The lowest BCUT2D eigenvalue weighted by Gasteiger charge is -2.39. The molecule has 0 fully saturated rings. The van der Waals surface area contributed by atoms with Gasteiger partial charge in [-0.1, -0.05) is 74.8 Å². The molecule has 8 heteroatoms. The fraction of sp³-hybridized carbons (Fsp3) is 0.231. The van der Waals surface area contributed by atoms with E-state index in [1.807, 2.05) is 18.4 Å². The molecule has 0 saturated heterocycles. The molecule has 2 aliphatic heterocycles. The summed E-state index contributed by atoms with van der Waals surface area (Å²) >= 11 is 8.51. The minimum atomic E-state index is -0.172. The number of hydrogen-bond acceptors (Lipinski definition) is 5.